The highest BCUT2D eigenvalue weighted by Gasteiger charge is 2.67. The van der Waals surface area contributed by atoms with Crippen LogP contribution < -0.4 is 20.3 Å². The predicted molar refractivity (Wildman–Crippen MR) is 215 cm³/mol. The number of amides is 1. The van der Waals surface area contributed by atoms with Gasteiger partial charge in [-0.05, 0) is 73.1 Å². The van der Waals surface area contributed by atoms with Gasteiger partial charge in [0.2, 0.25) is 15.9 Å². The molecule has 1 amide bonds. The number of aromatic nitrogens is 6. The summed E-state index contributed by atoms with van der Waals surface area (Å²) in [6.07, 6.45) is 1.43. The van der Waals surface area contributed by atoms with Gasteiger partial charge in [0.1, 0.15) is 41.1 Å². The quantitative estimate of drug-likeness (QED) is 0.113. The van der Waals surface area contributed by atoms with Crippen LogP contribution in [0.2, 0.25) is 5.02 Å². The summed E-state index contributed by atoms with van der Waals surface area (Å²) in [6, 6.07) is 8.57. The minimum Gasteiger partial charge on any atom is -0.493 e. The second-order valence-electron chi connectivity index (χ2n) is 16.2. The smallest absolute Gasteiger partial charge is 0.293 e. The van der Waals surface area contributed by atoms with Gasteiger partial charge in [-0.2, -0.15) is 19.0 Å². The number of halogens is 7. The molecule has 0 bridgehead atoms. The van der Waals surface area contributed by atoms with Crippen LogP contribution in [0.4, 0.5) is 32.2 Å². The molecule has 3 heterocycles. The van der Waals surface area contributed by atoms with Crippen molar-refractivity contribution in [3.8, 4) is 11.4 Å². The minimum absolute atomic E-state index is 0.00280. The van der Waals surface area contributed by atoms with Gasteiger partial charge in [-0.15, -0.1) is 0 Å². The molecular formula is C41H37ClF6N8O5S. The molecule has 3 aliphatic carbocycles. The number of nitrogens with zero attached hydrogens (tertiary/aromatic N) is 6. The number of benzene rings is 3. The number of anilines is 1. The number of sulfonamides is 1. The van der Waals surface area contributed by atoms with Crippen LogP contribution >= 0.6 is 11.6 Å². The molecule has 0 saturated heterocycles. The summed E-state index contributed by atoms with van der Waals surface area (Å²) in [6.45, 7) is -0.556. The first-order valence-corrected chi connectivity index (χ1v) is 22.0. The summed E-state index contributed by atoms with van der Waals surface area (Å²) in [5.74, 6) is -8.22. The van der Waals surface area contributed by atoms with Crippen LogP contribution in [0.15, 0.2) is 53.3 Å². The van der Waals surface area contributed by atoms with E-state index in [-0.39, 0.29) is 61.7 Å². The molecule has 6 aromatic rings. The summed E-state index contributed by atoms with van der Waals surface area (Å²) in [7, 11) is -2.43. The number of ether oxygens (including phenoxy) is 1. The summed E-state index contributed by atoms with van der Waals surface area (Å²) in [4.78, 5) is 33.9. The topological polar surface area (TPSA) is 155 Å². The number of alkyl halides is 4. The largest absolute Gasteiger partial charge is 0.493 e. The minimum atomic E-state index is -3.90. The zero-order chi connectivity index (χ0) is 44.0. The first kappa shape index (κ1) is 41.7. The molecule has 2 fully saturated rings. The van der Waals surface area contributed by atoms with Crippen molar-refractivity contribution < 1.29 is 44.3 Å². The molecule has 3 aromatic carbocycles. The number of nitrogens with one attached hydrogen (secondary N) is 2. The third kappa shape index (κ3) is 7.53. The van der Waals surface area contributed by atoms with Crippen LogP contribution in [0.1, 0.15) is 78.8 Å². The molecule has 9 rings (SSSR count). The van der Waals surface area contributed by atoms with Crippen molar-refractivity contribution in [2.45, 2.75) is 69.4 Å². The van der Waals surface area contributed by atoms with Crippen molar-refractivity contribution in [1.82, 2.24) is 34.4 Å². The van der Waals surface area contributed by atoms with Crippen molar-refractivity contribution in [3.63, 3.8) is 0 Å². The molecule has 0 unspecified atom stereocenters. The lowest BCUT2D eigenvalue weighted by molar-refractivity contribution is -0.123. The molecular weight excluding hydrogens is 866 g/mol. The standard InChI is InChI=1S/C41H37ClF6N8O5S/c1-54-35-30(10-9-27(42)33(35)38(52-54)53-62(2,59)60)56-39(50-28-15-23(7-8-24(28)40(56)58)61-18-19-5-3-4-6-19)29(13-20-11-21(43)14-22(44)12-20)49-31(57)17-55-36-32(34(51-55)37(45)46)25-16-26(25)41(36,47)48/h7-12,14-15,19,25-26,29,37H,3-6,13,16-18H2,1-2H3,(H,49,57)(H,52,53)/t25-,26+,29-/m0/s1. The number of rotatable bonds is 13. The second-order valence-corrected chi connectivity index (χ2v) is 18.3. The van der Waals surface area contributed by atoms with Crippen LogP contribution in [0.5, 0.6) is 5.75 Å². The van der Waals surface area contributed by atoms with Gasteiger partial charge in [-0.25, -0.2) is 31.0 Å². The summed E-state index contributed by atoms with van der Waals surface area (Å²) < 4.78 is 125. The van der Waals surface area contributed by atoms with Crippen LogP contribution in [0.3, 0.4) is 0 Å². The van der Waals surface area contributed by atoms with E-state index in [0.717, 1.165) is 48.6 Å². The predicted octanol–water partition coefficient (Wildman–Crippen LogP) is 7.59. The Morgan fingerprint density at radius 2 is 1.77 bits per heavy atom. The van der Waals surface area contributed by atoms with Gasteiger partial charge in [0.25, 0.3) is 17.9 Å². The van der Waals surface area contributed by atoms with E-state index < -0.39 is 87.7 Å². The third-order valence-electron chi connectivity index (χ3n) is 11.7. The highest BCUT2D eigenvalue weighted by molar-refractivity contribution is 7.92. The molecule has 0 radical (unpaired) electrons. The number of carbonyl (C=O) groups excluding carboxylic acids is 1. The summed E-state index contributed by atoms with van der Waals surface area (Å²) in [5, 5.41) is 10.9. The van der Waals surface area contributed by atoms with E-state index in [4.69, 9.17) is 21.3 Å². The molecule has 0 spiro atoms. The highest BCUT2D eigenvalue weighted by Crippen LogP contribution is 2.68. The summed E-state index contributed by atoms with van der Waals surface area (Å²) in [5.41, 5.74) is -2.39. The Balaban J connectivity index is 1.22. The first-order valence-electron chi connectivity index (χ1n) is 19.7. The Morgan fingerprint density at radius 1 is 1.05 bits per heavy atom. The maximum atomic E-state index is 15.5. The number of hydrogen-bond acceptors (Lipinski definition) is 8. The van der Waals surface area contributed by atoms with E-state index in [1.54, 1.807) is 6.07 Å². The Hall–Kier alpha value is -5.63. The molecule has 326 valence electrons. The Labute approximate surface area is 354 Å². The van der Waals surface area contributed by atoms with E-state index in [1.165, 1.54) is 36.0 Å². The van der Waals surface area contributed by atoms with E-state index in [1.807, 2.05) is 0 Å². The lowest BCUT2D eigenvalue weighted by atomic mass is 10.0. The molecule has 62 heavy (non-hydrogen) atoms. The maximum Gasteiger partial charge on any atom is 0.293 e. The van der Waals surface area contributed by atoms with Crippen LogP contribution in [0.25, 0.3) is 27.5 Å². The molecule has 2 saturated carbocycles. The van der Waals surface area contributed by atoms with Gasteiger partial charge in [0.05, 0.1) is 51.4 Å². The van der Waals surface area contributed by atoms with Crippen molar-refractivity contribution in [3.05, 3.63) is 104 Å². The molecule has 3 atom stereocenters. The fourth-order valence-electron chi connectivity index (χ4n) is 9.04. The molecule has 3 aliphatic rings. The molecule has 0 aliphatic heterocycles. The lowest BCUT2D eigenvalue weighted by Gasteiger charge is -2.24. The normalized spacial score (nSPS) is 18.7. The monoisotopic (exact) mass is 902 g/mol. The van der Waals surface area contributed by atoms with Crippen LogP contribution in [0, 0.1) is 23.5 Å². The maximum absolute atomic E-state index is 15.5. The first-order chi connectivity index (χ1) is 29.4. The van der Waals surface area contributed by atoms with Gasteiger partial charge < -0.3 is 10.1 Å². The molecule has 21 heteroatoms. The van der Waals surface area contributed by atoms with Gasteiger partial charge in [-0.1, -0.05) is 24.4 Å². The Bertz CT molecular complexity index is 2970. The molecule has 2 N–H and O–H groups in total. The van der Waals surface area contributed by atoms with Crippen molar-refractivity contribution in [1.29, 1.82) is 0 Å². The van der Waals surface area contributed by atoms with Crippen molar-refractivity contribution >= 4 is 55.2 Å². The third-order valence-corrected chi connectivity index (χ3v) is 12.6. The zero-order valence-electron chi connectivity index (χ0n) is 32.9. The Kier molecular flexibility index (Phi) is 10.3. The van der Waals surface area contributed by atoms with Crippen molar-refractivity contribution in [2.75, 3.05) is 17.6 Å². The van der Waals surface area contributed by atoms with Gasteiger partial charge in [-0.3, -0.25) is 28.2 Å². The van der Waals surface area contributed by atoms with Gasteiger partial charge in [0.15, 0.2) is 5.82 Å². The number of aryl methyl sites for hydroxylation is 1. The lowest BCUT2D eigenvalue weighted by Crippen LogP contribution is -2.38. The van der Waals surface area contributed by atoms with E-state index in [0.29, 0.717) is 29.0 Å². The van der Waals surface area contributed by atoms with Crippen molar-refractivity contribution in [2.24, 2.45) is 18.9 Å². The van der Waals surface area contributed by atoms with E-state index >= 15 is 8.78 Å². The van der Waals surface area contributed by atoms with E-state index in [2.05, 4.69) is 20.2 Å². The molecule has 13 nitrogen and oxygen atoms in total. The average Bonchev–Trinajstić information content (AvgIpc) is 3.41. The number of carbonyl (C=O) groups is 1. The van der Waals surface area contributed by atoms with Gasteiger partial charge >= 0.3 is 0 Å². The highest BCUT2D eigenvalue weighted by atomic mass is 35.5. The fraction of sp³-hybridized carbons (Fsp3) is 0.390. The Morgan fingerprint density at radius 3 is 2.47 bits per heavy atom. The van der Waals surface area contributed by atoms with Crippen LogP contribution in [-0.2, 0) is 40.8 Å². The SMILES string of the molecule is Cn1nc(NS(C)(=O)=O)c2c(Cl)ccc(-n3c([C@H](Cc4cc(F)cc(F)c4)NC(=O)Cn4nc(C(F)F)c5c4C(F)(F)[C@@H]4C[C@H]54)nc4cc(OCC5CCCC5)ccc4c3=O)c21. The number of hydrogen-bond donors (Lipinski definition) is 2. The van der Waals surface area contributed by atoms with E-state index in [9.17, 15) is 35.6 Å². The van der Waals surface area contributed by atoms with Gasteiger partial charge in [0, 0.05) is 37.1 Å². The average molecular weight is 903 g/mol. The second kappa shape index (κ2) is 15.3. The fourth-order valence-corrected chi connectivity index (χ4v) is 9.78. The zero-order valence-corrected chi connectivity index (χ0v) is 34.5. The molecule has 3 aromatic heterocycles. The number of fused-ring (bicyclic) bond motifs is 5. The van der Waals surface area contributed by atoms with Crippen LogP contribution in [-0.4, -0.2) is 56.3 Å². The summed E-state index contributed by atoms with van der Waals surface area (Å²) >= 11 is 6.63.